The average Bonchev–Trinajstić information content (AvgIpc) is 1.95. The molecular formula is C7H8BrN3O2. The SMILES string of the molecule is O=c1[nH]c(N2CCC2)c(Br)c(=O)[nH]1. The third kappa shape index (κ3) is 1.41. The van der Waals surface area contributed by atoms with E-state index in [2.05, 4.69) is 25.9 Å². The first-order valence-corrected chi connectivity index (χ1v) is 4.75. The second kappa shape index (κ2) is 3.02. The van der Waals surface area contributed by atoms with Gasteiger partial charge in [-0.25, -0.2) is 4.79 Å². The minimum atomic E-state index is -0.463. The van der Waals surface area contributed by atoms with Gasteiger partial charge >= 0.3 is 5.69 Å². The summed E-state index contributed by atoms with van der Waals surface area (Å²) < 4.78 is 0.395. The molecule has 0 spiro atoms. The van der Waals surface area contributed by atoms with Gasteiger partial charge in [0.2, 0.25) is 0 Å². The van der Waals surface area contributed by atoms with E-state index in [-0.39, 0.29) is 5.56 Å². The summed E-state index contributed by atoms with van der Waals surface area (Å²) >= 11 is 3.13. The van der Waals surface area contributed by atoms with Gasteiger partial charge in [0.05, 0.1) is 0 Å². The van der Waals surface area contributed by atoms with Crippen LogP contribution in [0, 0.1) is 0 Å². The van der Waals surface area contributed by atoms with Gasteiger partial charge < -0.3 is 4.90 Å². The standard InChI is InChI=1S/C7H8BrN3O2/c8-4-5(11-2-1-3-11)9-7(13)10-6(4)12/h1-3H2,(H2,9,10,12,13). The molecule has 1 saturated heterocycles. The molecule has 1 aliphatic rings. The van der Waals surface area contributed by atoms with Gasteiger partial charge in [-0.3, -0.25) is 14.8 Å². The monoisotopic (exact) mass is 245 g/mol. The summed E-state index contributed by atoms with van der Waals surface area (Å²) in [6, 6.07) is 0. The zero-order valence-electron chi connectivity index (χ0n) is 6.76. The number of anilines is 1. The van der Waals surface area contributed by atoms with Crippen LogP contribution in [-0.4, -0.2) is 23.1 Å². The van der Waals surface area contributed by atoms with E-state index in [9.17, 15) is 9.59 Å². The molecule has 6 heteroatoms. The van der Waals surface area contributed by atoms with Crippen LogP contribution in [0.15, 0.2) is 14.1 Å². The molecule has 1 fully saturated rings. The van der Waals surface area contributed by atoms with Crippen LogP contribution in [0.4, 0.5) is 5.82 Å². The molecule has 0 aromatic carbocycles. The van der Waals surface area contributed by atoms with E-state index in [4.69, 9.17) is 0 Å². The summed E-state index contributed by atoms with van der Waals surface area (Å²) in [4.78, 5) is 28.8. The van der Waals surface area contributed by atoms with Gasteiger partial charge in [-0.2, -0.15) is 0 Å². The van der Waals surface area contributed by atoms with Gasteiger partial charge in [-0.15, -0.1) is 0 Å². The number of aromatic amines is 2. The molecule has 5 nitrogen and oxygen atoms in total. The summed E-state index contributed by atoms with van der Waals surface area (Å²) in [6.07, 6.45) is 1.10. The summed E-state index contributed by atoms with van der Waals surface area (Å²) in [5.74, 6) is 0.583. The lowest BCUT2D eigenvalue weighted by molar-refractivity contribution is 0.605. The van der Waals surface area contributed by atoms with Crippen molar-refractivity contribution in [2.45, 2.75) is 6.42 Å². The topological polar surface area (TPSA) is 69.0 Å². The maximum atomic E-state index is 11.2. The number of nitrogens with one attached hydrogen (secondary N) is 2. The summed E-state index contributed by atoms with van der Waals surface area (Å²) in [7, 11) is 0. The molecule has 70 valence electrons. The van der Waals surface area contributed by atoms with Crippen molar-refractivity contribution < 1.29 is 0 Å². The van der Waals surface area contributed by atoms with E-state index in [1.807, 2.05) is 4.90 Å². The van der Waals surface area contributed by atoms with Crippen LogP contribution in [0.1, 0.15) is 6.42 Å². The zero-order valence-corrected chi connectivity index (χ0v) is 8.35. The normalized spacial score (nSPS) is 15.6. The Bertz CT molecular complexity index is 432. The van der Waals surface area contributed by atoms with Gasteiger partial charge in [-0.05, 0) is 22.4 Å². The molecule has 1 aromatic rings. The van der Waals surface area contributed by atoms with Crippen LogP contribution in [0.2, 0.25) is 0 Å². The van der Waals surface area contributed by atoms with E-state index < -0.39 is 5.69 Å². The van der Waals surface area contributed by atoms with Crippen LogP contribution in [0.25, 0.3) is 0 Å². The smallest absolute Gasteiger partial charge is 0.327 e. The molecule has 1 aromatic heterocycles. The number of rotatable bonds is 1. The van der Waals surface area contributed by atoms with Gasteiger partial charge in [0.1, 0.15) is 10.3 Å². The lowest BCUT2D eigenvalue weighted by Crippen LogP contribution is -2.40. The minimum absolute atomic E-state index is 0.384. The molecule has 13 heavy (non-hydrogen) atoms. The predicted molar refractivity (Wildman–Crippen MR) is 52.2 cm³/mol. The number of hydrogen-bond donors (Lipinski definition) is 2. The fourth-order valence-electron chi connectivity index (χ4n) is 1.22. The number of aromatic nitrogens is 2. The van der Waals surface area contributed by atoms with Crippen molar-refractivity contribution in [2.24, 2.45) is 0 Å². The van der Waals surface area contributed by atoms with E-state index in [0.717, 1.165) is 19.5 Å². The van der Waals surface area contributed by atoms with Gasteiger partial charge in [0, 0.05) is 13.1 Å². The second-order valence-electron chi connectivity index (χ2n) is 2.91. The van der Waals surface area contributed by atoms with Crippen LogP contribution < -0.4 is 16.1 Å². The van der Waals surface area contributed by atoms with Crippen molar-refractivity contribution in [1.82, 2.24) is 9.97 Å². The Balaban J connectivity index is 2.55. The summed E-state index contributed by atoms with van der Waals surface area (Å²) in [5, 5.41) is 0. The van der Waals surface area contributed by atoms with Crippen LogP contribution in [0.5, 0.6) is 0 Å². The Kier molecular flexibility index (Phi) is 1.99. The molecule has 2 heterocycles. The second-order valence-corrected chi connectivity index (χ2v) is 3.70. The van der Waals surface area contributed by atoms with Crippen LogP contribution in [0.3, 0.4) is 0 Å². The van der Waals surface area contributed by atoms with Gasteiger partial charge in [0.15, 0.2) is 0 Å². The first kappa shape index (κ1) is 8.55. The maximum Gasteiger partial charge on any atom is 0.327 e. The molecule has 0 amide bonds. The van der Waals surface area contributed by atoms with Gasteiger partial charge in [-0.1, -0.05) is 0 Å². The van der Waals surface area contributed by atoms with Crippen molar-refractivity contribution in [3.63, 3.8) is 0 Å². The van der Waals surface area contributed by atoms with Crippen molar-refractivity contribution in [3.05, 3.63) is 25.3 Å². The minimum Gasteiger partial charge on any atom is -0.357 e. The van der Waals surface area contributed by atoms with Crippen molar-refractivity contribution >= 4 is 21.7 Å². The number of halogens is 1. The molecule has 2 N–H and O–H groups in total. The maximum absolute atomic E-state index is 11.2. The molecule has 0 radical (unpaired) electrons. The average molecular weight is 246 g/mol. The van der Waals surface area contributed by atoms with Crippen LogP contribution in [-0.2, 0) is 0 Å². The lowest BCUT2D eigenvalue weighted by atomic mass is 10.2. The highest BCUT2D eigenvalue weighted by Crippen LogP contribution is 2.22. The van der Waals surface area contributed by atoms with Crippen molar-refractivity contribution in [2.75, 3.05) is 18.0 Å². The largest absolute Gasteiger partial charge is 0.357 e. The fraction of sp³-hybridized carbons (Fsp3) is 0.429. The summed E-state index contributed by atoms with van der Waals surface area (Å²) in [5.41, 5.74) is -0.847. The quantitative estimate of drug-likeness (QED) is 0.734. The zero-order chi connectivity index (χ0) is 9.42. The van der Waals surface area contributed by atoms with Crippen molar-refractivity contribution in [1.29, 1.82) is 0 Å². The molecule has 1 aliphatic heterocycles. The predicted octanol–water partition coefficient (Wildman–Crippen LogP) is 0.0358. The van der Waals surface area contributed by atoms with Crippen molar-refractivity contribution in [3.8, 4) is 0 Å². The molecule has 0 unspecified atom stereocenters. The first-order valence-electron chi connectivity index (χ1n) is 3.95. The molecule has 2 rings (SSSR count). The highest BCUT2D eigenvalue weighted by molar-refractivity contribution is 9.10. The van der Waals surface area contributed by atoms with E-state index in [1.54, 1.807) is 0 Å². The third-order valence-electron chi connectivity index (χ3n) is 2.04. The molecule has 0 aliphatic carbocycles. The van der Waals surface area contributed by atoms with Crippen LogP contribution >= 0.6 is 15.9 Å². The van der Waals surface area contributed by atoms with E-state index >= 15 is 0 Å². The van der Waals surface area contributed by atoms with E-state index in [1.165, 1.54) is 0 Å². The van der Waals surface area contributed by atoms with Gasteiger partial charge in [0.25, 0.3) is 5.56 Å². The number of hydrogen-bond acceptors (Lipinski definition) is 3. The first-order chi connectivity index (χ1) is 6.18. The number of H-pyrrole nitrogens is 2. The third-order valence-corrected chi connectivity index (χ3v) is 2.77. The Hall–Kier alpha value is -1.04. The van der Waals surface area contributed by atoms with E-state index in [0.29, 0.717) is 10.3 Å². The molecule has 0 saturated carbocycles. The summed E-state index contributed by atoms with van der Waals surface area (Å²) in [6.45, 7) is 1.77. The Morgan fingerprint density at radius 1 is 1.23 bits per heavy atom. The Morgan fingerprint density at radius 3 is 2.46 bits per heavy atom. The number of nitrogens with zero attached hydrogens (tertiary/aromatic N) is 1. The fourth-order valence-corrected chi connectivity index (χ4v) is 1.67. The molecule has 0 atom stereocenters. The highest BCUT2D eigenvalue weighted by atomic mass is 79.9. The highest BCUT2D eigenvalue weighted by Gasteiger charge is 2.19. The lowest BCUT2D eigenvalue weighted by Gasteiger charge is -2.32. The Morgan fingerprint density at radius 2 is 1.92 bits per heavy atom. The Labute approximate surface area is 81.9 Å². The molecular weight excluding hydrogens is 238 g/mol. The molecule has 0 bridgehead atoms.